The number of hydrogen-bond donors (Lipinski definition) is 2. The van der Waals surface area contributed by atoms with E-state index in [9.17, 15) is 9.59 Å². The van der Waals surface area contributed by atoms with Gasteiger partial charge < -0.3 is 10.6 Å². The van der Waals surface area contributed by atoms with Crippen molar-refractivity contribution in [1.82, 2.24) is 40.6 Å². The van der Waals surface area contributed by atoms with E-state index in [-0.39, 0.29) is 11.8 Å². The van der Waals surface area contributed by atoms with Crippen LogP contribution in [0.3, 0.4) is 0 Å². The van der Waals surface area contributed by atoms with E-state index in [0.717, 1.165) is 0 Å². The van der Waals surface area contributed by atoms with Gasteiger partial charge in [-0.1, -0.05) is 71.1 Å². The normalized spacial score (nSPS) is 12.7. The first-order valence-corrected chi connectivity index (χ1v) is 12.0. The number of aromatic nitrogens is 6. The summed E-state index contributed by atoms with van der Waals surface area (Å²) in [4.78, 5) is 26.9. The minimum atomic E-state index is -0.923. The van der Waals surface area contributed by atoms with Gasteiger partial charge in [-0.2, -0.15) is 0 Å². The zero-order chi connectivity index (χ0) is 25.9. The summed E-state index contributed by atoms with van der Waals surface area (Å²) in [5.41, 5.74) is 3.55. The number of carbonyl (C=O) groups excluding carboxylic acids is 2. The Balaban J connectivity index is 1.51. The van der Waals surface area contributed by atoms with Crippen LogP contribution in [0.4, 0.5) is 0 Å². The van der Waals surface area contributed by atoms with E-state index in [4.69, 9.17) is 0 Å². The number of para-hydroxylation sites is 2. The number of benzene rings is 4. The van der Waals surface area contributed by atoms with Crippen molar-refractivity contribution in [3.8, 4) is 0 Å². The van der Waals surface area contributed by atoms with Gasteiger partial charge in [-0.25, -0.2) is 9.36 Å². The predicted molar refractivity (Wildman–Crippen MR) is 141 cm³/mol. The number of fused-ring (bicyclic) bond motifs is 2. The summed E-state index contributed by atoms with van der Waals surface area (Å²) in [5.74, 6) is -0.697. The summed E-state index contributed by atoms with van der Waals surface area (Å²) in [7, 11) is 0. The van der Waals surface area contributed by atoms with Crippen molar-refractivity contribution in [3.05, 3.63) is 120 Å². The number of nitrogens with one attached hydrogen (secondary N) is 2. The highest BCUT2D eigenvalue weighted by atomic mass is 16.2. The van der Waals surface area contributed by atoms with Gasteiger partial charge in [0, 0.05) is 11.1 Å². The Morgan fingerprint density at radius 1 is 0.526 bits per heavy atom. The lowest BCUT2D eigenvalue weighted by Crippen LogP contribution is -2.46. The van der Waals surface area contributed by atoms with Gasteiger partial charge in [0.05, 0.1) is 11.0 Å². The highest BCUT2D eigenvalue weighted by molar-refractivity contribution is 5.95. The van der Waals surface area contributed by atoms with Crippen LogP contribution >= 0.6 is 0 Å². The van der Waals surface area contributed by atoms with Gasteiger partial charge in [0.1, 0.15) is 11.0 Å². The maximum absolute atomic E-state index is 13.4. The van der Waals surface area contributed by atoms with Crippen LogP contribution in [0.2, 0.25) is 0 Å². The summed E-state index contributed by atoms with van der Waals surface area (Å²) in [6.45, 7) is 0. The molecule has 0 saturated carbocycles. The van der Waals surface area contributed by atoms with Crippen LogP contribution in [0.25, 0.3) is 22.1 Å². The first kappa shape index (κ1) is 23.0. The minimum Gasteiger partial charge on any atom is -0.327 e. The molecular formula is C28H22N8O2. The summed E-state index contributed by atoms with van der Waals surface area (Å²) in [5, 5.41) is 23.4. The van der Waals surface area contributed by atoms with Gasteiger partial charge in [-0.15, -0.1) is 10.2 Å². The zero-order valence-corrected chi connectivity index (χ0v) is 20.0. The van der Waals surface area contributed by atoms with Crippen molar-refractivity contribution in [3.63, 3.8) is 0 Å². The van der Waals surface area contributed by atoms with Crippen LogP contribution in [0.1, 0.15) is 33.0 Å². The molecule has 10 nitrogen and oxygen atoms in total. The molecule has 38 heavy (non-hydrogen) atoms. The number of hydrogen-bond acceptors (Lipinski definition) is 6. The van der Waals surface area contributed by atoms with Gasteiger partial charge in [0.25, 0.3) is 11.8 Å². The Morgan fingerprint density at radius 3 is 1.32 bits per heavy atom. The highest BCUT2D eigenvalue weighted by Gasteiger charge is 2.33. The van der Waals surface area contributed by atoms with E-state index in [1.165, 1.54) is 0 Å². The van der Waals surface area contributed by atoms with Gasteiger partial charge in [-0.05, 0) is 48.5 Å². The maximum atomic E-state index is 13.4. The molecule has 0 spiro atoms. The van der Waals surface area contributed by atoms with Gasteiger partial charge in [0.15, 0.2) is 12.3 Å². The van der Waals surface area contributed by atoms with E-state index in [1.54, 1.807) is 57.9 Å². The topological polar surface area (TPSA) is 120 Å². The molecule has 4 aromatic carbocycles. The van der Waals surface area contributed by atoms with E-state index in [0.29, 0.717) is 33.2 Å². The molecule has 2 atom stereocenters. The second-order valence-corrected chi connectivity index (χ2v) is 8.61. The van der Waals surface area contributed by atoms with Crippen LogP contribution in [-0.2, 0) is 0 Å². The first-order chi connectivity index (χ1) is 18.7. The van der Waals surface area contributed by atoms with Crippen molar-refractivity contribution in [1.29, 1.82) is 0 Å². The van der Waals surface area contributed by atoms with Gasteiger partial charge in [-0.3, -0.25) is 9.59 Å². The van der Waals surface area contributed by atoms with Crippen molar-refractivity contribution < 1.29 is 9.59 Å². The first-order valence-electron chi connectivity index (χ1n) is 12.0. The molecule has 0 radical (unpaired) electrons. The molecule has 6 rings (SSSR count). The van der Waals surface area contributed by atoms with Crippen LogP contribution in [0, 0.1) is 0 Å². The molecule has 6 aromatic rings. The third-order valence-corrected chi connectivity index (χ3v) is 6.21. The molecule has 2 heterocycles. The van der Waals surface area contributed by atoms with Crippen LogP contribution < -0.4 is 10.6 Å². The lowest BCUT2D eigenvalue weighted by Gasteiger charge is -2.29. The summed E-state index contributed by atoms with van der Waals surface area (Å²) in [6, 6.07) is 32.5. The zero-order valence-electron chi connectivity index (χ0n) is 20.0. The number of carbonyl (C=O) groups is 2. The molecule has 186 valence electrons. The number of nitrogens with zero attached hydrogens (tertiary/aromatic N) is 6. The Kier molecular flexibility index (Phi) is 6.03. The van der Waals surface area contributed by atoms with Crippen molar-refractivity contribution in [2.24, 2.45) is 0 Å². The monoisotopic (exact) mass is 502 g/mol. The standard InChI is InChI=1S/C28H22N8O2/c37-27(19-11-3-1-4-12-19)29-25(35-23-17-9-7-15-21(23)31-33-35)26(30-28(38)20-13-5-2-6-14-20)36-24-18-10-8-16-22(24)32-34-36/h1-18,25-26H,(H,29,37)(H,30,38). The Labute approximate surface area is 216 Å². The number of amides is 2. The second-order valence-electron chi connectivity index (χ2n) is 8.61. The van der Waals surface area contributed by atoms with Gasteiger partial charge in [0.2, 0.25) is 0 Å². The third kappa shape index (κ3) is 4.35. The minimum absolute atomic E-state index is 0.349. The molecule has 2 aromatic heterocycles. The molecule has 0 aliphatic rings. The Hall–Kier alpha value is -5.38. The van der Waals surface area contributed by atoms with Gasteiger partial charge >= 0.3 is 0 Å². The highest BCUT2D eigenvalue weighted by Crippen LogP contribution is 2.26. The second kappa shape index (κ2) is 9.94. The van der Waals surface area contributed by atoms with Crippen LogP contribution in [0.15, 0.2) is 109 Å². The van der Waals surface area contributed by atoms with Crippen LogP contribution in [-0.4, -0.2) is 41.8 Å². The summed E-state index contributed by atoms with van der Waals surface area (Å²) >= 11 is 0. The fourth-order valence-electron chi connectivity index (χ4n) is 4.35. The molecule has 0 bridgehead atoms. The maximum Gasteiger partial charge on any atom is 0.253 e. The largest absolute Gasteiger partial charge is 0.327 e. The fraction of sp³-hybridized carbons (Fsp3) is 0.0714. The molecule has 2 unspecified atom stereocenters. The van der Waals surface area contributed by atoms with Crippen molar-refractivity contribution in [2.45, 2.75) is 12.3 Å². The van der Waals surface area contributed by atoms with Crippen molar-refractivity contribution in [2.75, 3.05) is 0 Å². The van der Waals surface area contributed by atoms with E-state index in [2.05, 4.69) is 31.3 Å². The summed E-state index contributed by atoms with van der Waals surface area (Å²) < 4.78 is 3.17. The Bertz CT molecular complexity index is 1600. The molecule has 0 saturated heterocycles. The average Bonchev–Trinajstić information content (AvgIpc) is 3.60. The SMILES string of the molecule is O=C(NC(C(NC(=O)c1ccccc1)n1nnc2ccccc21)n1nnc2ccccc21)c1ccccc1. The predicted octanol–water partition coefficient (Wildman–Crippen LogP) is 3.73. The molecular weight excluding hydrogens is 480 g/mol. The molecule has 0 aliphatic heterocycles. The quantitative estimate of drug-likeness (QED) is 0.343. The molecule has 10 heteroatoms. The average molecular weight is 503 g/mol. The molecule has 0 aliphatic carbocycles. The Morgan fingerprint density at radius 2 is 0.895 bits per heavy atom. The lowest BCUT2D eigenvalue weighted by molar-refractivity contribution is 0.0798. The summed E-state index contributed by atoms with van der Waals surface area (Å²) in [6.07, 6.45) is -1.85. The van der Waals surface area contributed by atoms with E-state index >= 15 is 0 Å². The van der Waals surface area contributed by atoms with E-state index in [1.807, 2.05) is 60.7 Å². The number of rotatable bonds is 7. The molecule has 2 amide bonds. The lowest BCUT2D eigenvalue weighted by atomic mass is 10.2. The fourth-order valence-corrected chi connectivity index (χ4v) is 4.35. The van der Waals surface area contributed by atoms with Crippen LogP contribution in [0.5, 0.6) is 0 Å². The smallest absolute Gasteiger partial charge is 0.253 e. The van der Waals surface area contributed by atoms with E-state index < -0.39 is 12.3 Å². The van der Waals surface area contributed by atoms with Crippen molar-refractivity contribution >= 4 is 33.9 Å². The molecule has 2 N–H and O–H groups in total. The third-order valence-electron chi connectivity index (χ3n) is 6.21. The molecule has 0 fully saturated rings.